The van der Waals surface area contributed by atoms with Crippen molar-refractivity contribution in [3.8, 4) is 0 Å². The van der Waals surface area contributed by atoms with Crippen LogP contribution in [0.15, 0.2) is 16.7 Å². The topological polar surface area (TPSA) is 62.7 Å². The summed E-state index contributed by atoms with van der Waals surface area (Å²) in [6.07, 6.45) is 2.35. The number of carbonyl (C=O) groups is 2. The normalized spacial score (nSPS) is 22.4. The van der Waals surface area contributed by atoms with Gasteiger partial charge in [0.15, 0.2) is 0 Å². The van der Waals surface area contributed by atoms with Crippen molar-refractivity contribution in [2.45, 2.75) is 31.7 Å². The lowest BCUT2D eigenvalue weighted by Crippen LogP contribution is -2.47. The zero-order chi connectivity index (χ0) is 16.0. The first-order chi connectivity index (χ1) is 10.5. The van der Waals surface area contributed by atoms with E-state index in [9.17, 15) is 9.59 Å². The van der Waals surface area contributed by atoms with Crippen molar-refractivity contribution < 1.29 is 14.3 Å². The van der Waals surface area contributed by atoms with Gasteiger partial charge in [-0.15, -0.1) is 11.3 Å². The van der Waals surface area contributed by atoms with Crippen LogP contribution in [0.1, 0.15) is 42.4 Å². The molecule has 3 rings (SSSR count). The van der Waals surface area contributed by atoms with E-state index in [1.54, 1.807) is 37.3 Å². The average molecular weight is 321 g/mol. The molecule has 1 fully saturated rings. The maximum atomic E-state index is 12.4. The Morgan fingerprint density at radius 2 is 2.09 bits per heavy atom. The third-order valence-corrected chi connectivity index (χ3v) is 5.32. The number of amides is 2. The molecule has 0 N–H and O–H groups in total. The summed E-state index contributed by atoms with van der Waals surface area (Å²) >= 11 is 1.60. The zero-order valence-electron chi connectivity index (χ0n) is 13.1. The quantitative estimate of drug-likeness (QED) is 0.803. The number of ether oxygens (including phenoxy) is 1. The number of aromatic nitrogens is 1. The molecule has 0 saturated heterocycles. The number of methoxy groups -OCH3 is 1. The first-order valence-corrected chi connectivity index (χ1v) is 8.08. The lowest BCUT2D eigenvalue weighted by Gasteiger charge is -2.38. The summed E-state index contributed by atoms with van der Waals surface area (Å²) in [7, 11) is 4.70. The fourth-order valence-electron chi connectivity index (χ4n) is 2.72. The highest BCUT2D eigenvalue weighted by molar-refractivity contribution is 7.09. The highest BCUT2D eigenvalue weighted by Crippen LogP contribution is 2.43. The van der Waals surface area contributed by atoms with Crippen molar-refractivity contribution >= 4 is 23.3 Å². The van der Waals surface area contributed by atoms with Crippen LogP contribution in [0.2, 0.25) is 0 Å². The summed E-state index contributed by atoms with van der Waals surface area (Å²) < 4.78 is 4.92. The van der Waals surface area contributed by atoms with E-state index in [2.05, 4.69) is 4.98 Å². The molecule has 7 heteroatoms. The number of hydrogen-bond donors (Lipinski definition) is 0. The molecule has 2 aliphatic rings. The largest absolute Gasteiger partial charge is 0.466 e. The number of esters is 1. The van der Waals surface area contributed by atoms with Crippen LogP contribution in [0.3, 0.4) is 0 Å². The number of rotatable bonds is 3. The van der Waals surface area contributed by atoms with Crippen LogP contribution in [0.5, 0.6) is 0 Å². The Balaban J connectivity index is 2.07. The molecule has 1 saturated carbocycles. The Bertz CT molecular complexity index is 663. The van der Waals surface area contributed by atoms with E-state index < -0.39 is 12.0 Å². The molecule has 2 amide bonds. The highest BCUT2D eigenvalue weighted by atomic mass is 32.1. The number of allylic oxidation sites excluding steroid dienone is 1. The number of hydrogen-bond acceptors (Lipinski definition) is 5. The first-order valence-electron chi connectivity index (χ1n) is 7.20. The molecule has 0 aromatic carbocycles. The maximum absolute atomic E-state index is 12.4. The summed E-state index contributed by atoms with van der Waals surface area (Å²) in [5.41, 5.74) is 1.83. The van der Waals surface area contributed by atoms with Crippen molar-refractivity contribution in [3.63, 3.8) is 0 Å². The molecule has 1 aromatic heterocycles. The molecule has 1 atom stereocenters. The minimum Gasteiger partial charge on any atom is -0.466 e. The van der Waals surface area contributed by atoms with E-state index in [1.165, 1.54) is 24.9 Å². The minimum absolute atomic E-state index is 0.156. The first kappa shape index (κ1) is 15.0. The number of thiazole rings is 1. The maximum Gasteiger partial charge on any atom is 0.338 e. The van der Waals surface area contributed by atoms with Crippen molar-refractivity contribution in [2.75, 3.05) is 21.2 Å². The minimum atomic E-state index is -0.486. The van der Waals surface area contributed by atoms with Gasteiger partial charge in [-0.05, 0) is 19.8 Å². The van der Waals surface area contributed by atoms with Gasteiger partial charge in [0.1, 0.15) is 6.04 Å². The SMILES string of the molecule is COC(=O)C1=C(C)N(C)C(=O)N(C)[C@@H]1c1csc(C2CC2)n1. The molecule has 1 aromatic rings. The number of nitrogens with zero attached hydrogens (tertiary/aromatic N) is 3. The van der Waals surface area contributed by atoms with E-state index in [0.717, 1.165) is 10.7 Å². The monoisotopic (exact) mass is 321 g/mol. The molecule has 118 valence electrons. The molecule has 1 aliphatic carbocycles. The van der Waals surface area contributed by atoms with Crippen LogP contribution in [0, 0.1) is 0 Å². The summed E-state index contributed by atoms with van der Waals surface area (Å²) in [4.78, 5) is 32.3. The molecular formula is C15H19N3O3S. The molecular weight excluding hydrogens is 302 g/mol. The summed E-state index contributed by atoms with van der Waals surface area (Å²) in [6, 6.07) is -0.643. The van der Waals surface area contributed by atoms with Crippen LogP contribution in [0.4, 0.5) is 4.79 Å². The number of carbonyl (C=O) groups excluding carboxylic acids is 2. The Hall–Kier alpha value is -1.89. The predicted molar refractivity (Wildman–Crippen MR) is 82.5 cm³/mol. The second kappa shape index (κ2) is 5.39. The van der Waals surface area contributed by atoms with Crippen molar-refractivity contribution in [3.05, 3.63) is 27.4 Å². The molecule has 1 aliphatic heterocycles. The van der Waals surface area contributed by atoms with Crippen LogP contribution < -0.4 is 0 Å². The smallest absolute Gasteiger partial charge is 0.338 e. The molecule has 0 spiro atoms. The second-order valence-corrected chi connectivity index (χ2v) is 6.62. The Morgan fingerprint density at radius 1 is 1.41 bits per heavy atom. The van der Waals surface area contributed by atoms with Gasteiger partial charge in [-0.3, -0.25) is 0 Å². The lowest BCUT2D eigenvalue weighted by molar-refractivity contribution is -0.137. The molecule has 2 heterocycles. The van der Waals surface area contributed by atoms with Crippen molar-refractivity contribution in [1.29, 1.82) is 0 Å². The zero-order valence-corrected chi connectivity index (χ0v) is 13.9. The molecule has 22 heavy (non-hydrogen) atoms. The molecule has 0 unspecified atom stereocenters. The molecule has 0 bridgehead atoms. The Morgan fingerprint density at radius 3 is 2.68 bits per heavy atom. The Labute approximate surface area is 133 Å². The van der Waals surface area contributed by atoms with Gasteiger partial charge < -0.3 is 14.5 Å². The highest BCUT2D eigenvalue weighted by Gasteiger charge is 2.40. The lowest BCUT2D eigenvalue weighted by atomic mass is 9.98. The standard InChI is InChI=1S/C15H19N3O3S/c1-8-11(14(19)21-4)12(18(3)15(20)17(8)2)10-7-22-13(16-10)9-5-6-9/h7,9,12H,5-6H2,1-4H3/t12-/m1/s1. The van der Waals surface area contributed by atoms with E-state index >= 15 is 0 Å². The van der Waals surface area contributed by atoms with Gasteiger partial charge >= 0.3 is 12.0 Å². The van der Waals surface area contributed by atoms with E-state index in [-0.39, 0.29) is 6.03 Å². The van der Waals surface area contributed by atoms with Gasteiger partial charge in [-0.1, -0.05) is 0 Å². The van der Waals surface area contributed by atoms with Gasteiger partial charge in [-0.25, -0.2) is 14.6 Å². The van der Waals surface area contributed by atoms with Gasteiger partial charge in [0.2, 0.25) is 0 Å². The fourth-order valence-corrected chi connectivity index (χ4v) is 3.73. The van der Waals surface area contributed by atoms with Gasteiger partial charge in [0.05, 0.1) is 23.4 Å². The third kappa shape index (κ3) is 2.29. The number of likely N-dealkylation sites (N-methyl/N-ethyl adjacent to an activating group) is 1. The van der Waals surface area contributed by atoms with Crippen LogP contribution >= 0.6 is 11.3 Å². The number of urea groups is 1. The fraction of sp³-hybridized carbons (Fsp3) is 0.533. The van der Waals surface area contributed by atoms with Gasteiger partial charge in [-0.2, -0.15) is 0 Å². The van der Waals surface area contributed by atoms with E-state index in [4.69, 9.17) is 4.74 Å². The van der Waals surface area contributed by atoms with Crippen molar-refractivity contribution in [1.82, 2.24) is 14.8 Å². The third-order valence-electron chi connectivity index (χ3n) is 4.29. The van der Waals surface area contributed by atoms with Crippen LogP contribution in [-0.4, -0.2) is 48.0 Å². The molecule has 6 nitrogen and oxygen atoms in total. The second-order valence-electron chi connectivity index (χ2n) is 5.73. The average Bonchev–Trinajstić information content (AvgIpc) is 3.26. The van der Waals surface area contributed by atoms with E-state index in [1.807, 2.05) is 5.38 Å². The van der Waals surface area contributed by atoms with Gasteiger partial charge in [0, 0.05) is 31.1 Å². The summed E-state index contributed by atoms with van der Waals surface area (Å²) in [5.74, 6) is 0.132. The predicted octanol–water partition coefficient (Wildman–Crippen LogP) is 2.51. The summed E-state index contributed by atoms with van der Waals surface area (Å²) in [6.45, 7) is 1.76. The van der Waals surface area contributed by atoms with Crippen LogP contribution in [-0.2, 0) is 9.53 Å². The van der Waals surface area contributed by atoms with Gasteiger partial charge in [0.25, 0.3) is 0 Å². The van der Waals surface area contributed by atoms with Crippen molar-refractivity contribution in [2.24, 2.45) is 0 Å². The summed E-state index contributed by atoms with van der Waals surface area (Å²) in [5, 5.41) is 3.04. The van der Waals surface area contributed by atoms with E-state index in [0.29, 0.717) is 17.2 Å². The van der Waals surface area contributed by atoms with Crippen LogP contribution in [0.25, 0.3) is 0 Å². The Kier molecular flexibility index (Phi) is 3.68. The molecule has 0 radical (unpaired) electrons.